The van der Waals surface area contributed by atoms with E-state index in [1.165, 1.54) is 66.4 Å². The van der Waals surface area contributed by atoms with Crippen molar-refractivity contribution >= 4 is 28.3 Å². The minimum Gasteiger partial charge on any atom is -0.481 e. The van der Waals surface area contributed by atoms with Crippen LogP contribution in [0.15, 0.2) is 48.9 Å². The highest BCUT2D eigenvalue weighted by molar-refractivity contribution is 6.32. The number of halogens is 4. The van der Waals surface area contributed by atoms with Crippen LogP contribution in [0.25, 0.3) is 33.7 Å². The number of benzene rings is 1. The Morgan fingerprint density at radius 2 is 1.83 bits per heavy atom. The smallest absolute Gasteiger partial charge is 0.434 e. The number of carbonyl (C=O) groups excluding carboxylic acids is 1. The Labute approximate surface area is 205 Å². The molecule has 2 N–H and O–H groups in total. The number of nitrogens with zero attached hydrogens (tertiary/aromatic N) is 7. The largest absolute Gasteiger partial charge is 0.481 e. The number of hydrogen-bond acceptors (Lipinski definition) is 6. The minimum absolute atomic E-state index is 0.0450. The van der Waals surface area contributed by atoms with Crippen molar-refractivity contribution in [3.05, 3.63) is 65.2 Å². The molecule has 0 bridgehead atoms. The quantitative estimate of drug-likeness (QED) is 0.380. The summed E-state index contributed by atoms with van der Waals surface area (Å²) in [5, 5.41) is 13.2. The van der Waals surface area contributed by atoms with Crippen LogP contribution < -0.4 is 10.5 Å². The molecular formula is C22H16ClF3N8O2. The van der Waals surface area contributed by atoms with Crippen molar-refractivity contribution < 1.29 is 22.7 Å². The van der Waals surface area contributed by atoms with Crippen molar-refractivity contribution in [1.82, 2.24) is 34.3 Å². The van der Waals surface area contributed by atoms with Crippen LogP contribution in [0.5, 0.6) is 5.88 Å². The van der Waals surface area contributed by atoms with E-state index in [0.29, 0.717) is 15.5 Å². The second kappa shape index (κ2) is 8.37. The molecule has 4 aromatic heterocycles. The summed E-state index contributed by atoms with van der Waals surface area (Å²) in [6.45, 7) is 0. The van der Waals surface area contributed by atoms with Gasteiger partial charge in [0.15, 0.2) is 11.5 Å². The normalized spacial score (nSPS) is 11.8. The summed E-state index contributed by atoms with van der Waals surface area (Å²) in [4.78, 5) is 17.8. The van der Waals surface area contributed by atoms with Crippen molar-refractivity contribution in [3.8, 4) is 28.8 Å². The molecule has 4 heterocycles. The number of nitrogens with two attached hydrogens (primary N) is 1. The number of primary amides is 1. The molecule has 0 fully saturated rings. The number of carbonyl (C=O) groups is 1. The summed E-state index contributed by atoms with van der Waals surface area (Å²) in [7, 11) is 2.93. The first-order chi connectivity index (χ1) is 17.1. The molecule has 1 amide bonds. The third-order valence-electron chi connectivity index (χ3n) is 5.58. The van der Waals surface area contributed by atoms with Gasteiger partial charge in [-0.15, -0.1) is 4.80 Å². The van der Waals surface area contributed by atoms with Crippen molar-refractivity contribution in [2.24, 2.45) is 12.8 Å². The van der Waals surface area contributed by atoms with Gasteiger partial charge in [-0.05, 0) is 24.3 Å². The summed E-state index contributed by atoms with van der Waals surface area (Å²) in [6.07, 6.45) is -0.760. The van der Waals surface area contributed by atoms with Gasteiger partial charge in [-0.1, -0.05) is 17.7 Å². The highest BCUT2D eigenvalue weighted by atomic mass is 35.5. The van der Waals surface area contributed by atoms with Crippen molar-refractivity contribution in [3.63, 3.8) is 0 Å². The molecule has 184 valence electrons. The summed E-state index contributed by atoms with van der Waals surface area (Å²) < 4.78 is 50.8. The maximum atomic E-state index is 14.5. The molecule has 0 aliphatic heterocycles. The number of rotatable bonds is 5. The van der Waals surface area contributed by atoms with E-state index < -0.39 is 23.3 Å². The van der Waals surface area contributed by atoms with Gasteiger partial charge in [0.1, 0.15) is 5.69 Å². The Morgan fingerprint density at radius 1 is 1.11 bits per heavy atom. The van der Waals surface area contributed by atoms with E-state index in [2.05, 4.69) is 20.3 Å². The fraction of sp³-hybridized carbons (Fsp3) is 0.136. The second-order valence-corrected chi connectivity index (χ2v) is 8.02. The van der Waals surface area contributed by atoms with E-state index in [1.54, 1.807) is 6.07 Å². The standard InChI is InChI=1S/C22H16ClF3N8O2/c1-32-15(10-13(23)21(32)34-29-8-9-30-34)17-16(19(27)35)18(22(24,25)26)33(31-17)14-5-3-4-12-11(14)6-7-28-20(12)36-2/h3-10H,1-2H3,(H2,27,35). The monoisotopic (exact) mass is 516 g/mol. The maximum absolute atomic E-state index is 14.5. The highest BCUT2D eigenvalue weighted by Crippen LogP contribution is 2.41. The number of amides is 1. The third kappa shape index (κ3) is 3.55. The highest BCUT2D eigenvalue weighted by Gasteiger charge is 2.43. The van der Waals surface area contributed by atoms with Gasteiger partial charge in [0.05, 0.1) is 41.5 Å². The van der Waals surface area contributed by atoms with E-state index >= 15 is 0 Å². The lowest BCUT2D eigenvalue weighted by molar-refractivity contribution is -0.143. The van der Waals surface area contributed by atoms with E-state index in [0.717, 1.165) is 0 Å². The van der Waals surface area contributed by atoms with Crippen LogP contribution in [0, 0.1) is 0 Å². The zero-order valence-corrected chi connectivity index (χ0v) is 19.4. The lowest BCUT2D eigenvalue weighted by Gasteiger charge is -2.14. The first kappa shape index (κ1) is 23.4. The van der Waals surface area contributed by atoms with Gasteiger partial charge < -0.3 is 15.0 Å². The number of alkyl halides is 3. The van der Waals surface area contributed by atoms with Gasteiger partial charge in [0.2, 0.25) is 5.88 Å². The Hall–Kier alpha value is -4.39. The van der Waals surface area contributed by atoms with Gasteiger partial charge >= 0.3 is 6.18 Å². The van der Waals surface area contributed by atoms with Crippen molar-refractivity contribution in [2.45, 2.75) is 6.18 Å². The average molecular weight is 517 g/mol. The van der Waals surface area contributed by atoms with Crippen LogP contribution in [0.2, 0.25) is 5.02 Å². The summed E-state index contributed by atoms with van der Waals surface area (Å²) >= 11 is 6.37. The summed E-state index contributed by atoms with van der Waals surface area (Å²) in [5.41, 5.74) is 3.19. The summed E-state index contributed by atoms with van der Waals surface area (Å²) in [6, 6.07) is 7.52. The van der Waals surface area contributed by atoms with Gasteiger partial charge in [0, 0.05) is 24.0 Å². The second-order valence-electron chi connectivity index (χ2n) is 7.62. The first-order valence-corrected chi connectivity index (χ1v) is 10.7. The topological polar surface area (TPSA) is 119 Å². The number of methoxy groups -OCH3 is 1. The Balaban J connectivity index is 1.86. The Bertz CT molecular complexity index is 1620. The van der Waals surface area contributed by atoms with E-state index in [-0.39, 0.29) is 33.8 Å². The lowest BCUT2D eigenvalue weighted by atomic mass is 10.1. The van der Waals surface area contributed by atoms with E-state index in [4.69, 9.17) is 22.1 Å². The van der Waals surface area contributed by atoms with Crippen molar-refractivity contribution in [1.29, 1.82) is 0 Å². The van der Waals surface area contributed by atoms with Gasteiger partial charge in [-0.2, -0.15) is 28.5 Å². The molecule has 5 aromatic rings. The molecule has 0 unspecified atom stereocenters. The maximum Gasteiger partial charge on any atom is 0.434 e. The van der Waals surface area contributed by atoms with Gasteiger partial charge in [-0.3, -0.25) is 4.79 Å². The van der Waals surface area contributed by atoms with Crippen LogP contribution in [-0.2, 0) is 13.2 Å². The molecule has 36 heavy (non-hydrogen) atoms. The number of hydrogen-bond donors (Lipinski definition) is 1. The fourth-order valence-electron chi connectivity index (χ4n) is 4.12. The molecule has 0 aliphatic carbocycles. The number of pyridine rings is 1. The first-order valence-electron chi connectivity index (χ1n) is 10.3. The van der Waals surface area contributed by atoms with Crippen LogP contribution in [-0.4, -0.2) is 47.3 Å². The fourth-order valence-corrected chi connectivity index (χ4v) is 4.42. The van der Waals surface area contributed by atoms with Crippen LogP contribution in [0.3, 0.4) is 0 Å². The molecule has 10 nitrogen and oxygen atoms in total. The molecule has 0 saturated heterocycles. The van der Waals surface area contributed by atoms with E-state index in [1.807, 2.05) is 0 Å². The zero-order chi connectivity index (χ0) is 25.8. The zero-order valence-electron chi connectivity index (χ0n) is 18.7. The minimum atomic E-state index is -4.99. The van der Waals surface area contributed by atoms with Gasteiger partial charge in [0.25, 0.3) is 5.91 Å². The molecule has 0 aliphatic rings. The van der Waals surface area contributed by atoms with Crippen LogP contribution in [0.4, 0.5) is 13.2 Å². The molecule has 14 heteroatoms. The number of fused-ring (bicyclic) bond motifs is 1. The molecule has 0 spiro atoms. The average Bonchev–Trinajstić information content (AvgIpc) is 3.55. The molecular weight excluding hydrogens is 501 g/mol. The lowest BCUT2D eigenvalue weighted by Crippen LogP contribution is -2.21. The Morgan fingerprint density at radius 3 is 2.47 bits per heavy atom. The Kier molecular flexibility index (Phi) is 5.43. The van der Waals surface area contributed by atoms with Crippen molar-refractivity contribution in [2.75, 3.05) is 7.11 Å². The molecule has 0 radical (unpaired) electrons. The third-order valence-corrected chi connectivity index (χ3v) is 5.85. The van der Waals surface area contributed by atoms with Gasteiger partial charge in [-0.25, -0.2) is 9.67 Å². The number of ether oxygens (including phenoxy) is 1. The van der Waals surface area contributed by atoms with Crippen LogP contribution in [0.1, 0.15) is 16.1 Å². The molecule has 0 atom stereocenters. The van der Waals surface area contributed by atoms with Crippen LogP contribution >= 0.6 is 11.6 Å². The molecule has 0 saturated carbocycles. The molecule has 1 aromatic carbocycles. The van der Waals surface area contributed by atoms with E-state index in [9.17, 15) is 18.0 Å². The predicted octanol–water partition coefficient (Wildman–Crippen LogP) is 3.79. The number of aromatic nitrogens is 7. The summed E-state index contributed by atoms with van der Waals surface area (Å²) in [5.74, 6) is -0.827. The molecule has 5 rings (SSSR count). The predicted molar refractivity (Wildman–Crippen MR) is 123 cm³/mol. The SMILES string of the molecule is COc1nccc2c(-n3nc(-c4cc(Cl)c(-n5nccn5)n4C)c(C(N)=O)c3C(F)(F)F)cccc12.